The molecule has 44 heavy (non-hydrogen) atoms. The first-order chi connectivity index (χ1) is 21.2. The van der Waals surface area contributed by atoms with Crippen LogP contribution < -0.4 is 4.90 Å². The topological polar surface area (TPSA) is 72.9 Å². The van der Waals surface area contributed by atoms with Gasteiger partial charge in [-0.2, -0.15) is 0 Å². The van der Waals surface area contributed by atoms with Crippen molar-refractivity contribution in [2.45, 2.75) is 44.0 Å². The molecule has 1 aromatic heterocycles. The van der Waals surface area contributed by atoms with E-state index in [-0.39, 0.29) is 17.2 Å². The van der Waals surface area contributed by atoms with Gasteiger partial charge in [0.15, 0.2) is 5.16 Å². The van der Waals surface area contributed by atoms with Gasteiger partial charge in [0.05, 0.1) is 5.69 Å². The van der Waals surface area contributed by atoms with Gasteiger partial charge in [0, 0.05) is 88.6 Å². The Morgan fingerprint density at radius 1 is 0.841 bits per heavy atom. The third-order valence-corrected chi connectivity index (χ3v) is 9.13. The molecule has 0 unspecified atom stereocenters. The van der Waals surface area contributed by atoms with Gasteiger partial charge in [-0.05, 0) is 23.3 Å². The minimum Gasteiger partial charge on any atom is -0.354 e. The Balaban J connectivity index is 1.17. The van der Waals surface area contributed by atoms with Crippen LogP contribution in [0.3, 0.4) is 0 Å². The molecule has 2 fully saturated rings. The van der Waals surface area contributed by atoms with Crippen molar-refractivity contribution in [3.8, 4) is 0 Å². The highest BCUT2D eigenvalue weighted by Crippen LogP contribution is 2.29. The molecular formula is C35H44N6O2S. The van der Waals surface area contributed by atoms with Crippen LogP contribution in [0, 0.1) is 0 Å². The van der Waals surface area contributed by atoms with Crippen molar-refractivity contribution in [3.05, 3.63) is 89.1 Å². The van der Waals surface area contributed by atoms with Crippen LogP contribution in [0.2, 0.25) is 0 Å². The second-order valence-electron chi connectivity index (χ2n) is 12.5. The number of piperazine rings is 2. The quantitative estimate of drug-likeness (QED) is 0.256. The lowest BCUT2D eigenvalue weighted by atomic mass is 9.92. The maximum absolute atomic E-state index is 13.0. The normalized spacial score (nSPS) is 16.5. The molecule has 8 nitrogen and oxygen atoms in total. The number of carbonyl (C=O) groups excluding carboxylic acids is 2. The van der Waals surface area contributed by atoms with Crippen molar-refractivity contribution in [2.24, 2.45) is 0 Å². The summed E-state index contributed by atoms with van der Waals surface area (Å²) in [7, 11) is 0. The number of hydrogen-bond acceptors (Lipinski definition) is 7. The van der Waals surface area contributed by atoms with Gasteiger partial charge in [-0.25, -0.2) is 9.97 Å². The zero-order valence-corrected chi connectivity index (χ0v) is 27.2. The van der Waals surface area contributed by atoms with E-state index < -0.39 is 0 Å². The van der Waals surface area contributed by atoms with Crippen LogP contribution in [0.4, 0.5) is 5.82 Å². The zero-order chi connectivity index (χ0) is 31.1. The highest BCUT2D eigenvalue weighted by Gasteiger charge is 2.24. The van der Waals surface area contributed by atoms with Crippen LogP contribution >= 0.6 is 11.8 Å². The number of nitrogens with zero attached hydrogens (tertiary/aromatic N) is 6. The van der Waals surface area contributed by atoms with Crippen LogP contribution in [0.1, 0.15) is 54.9 Å². The summed E-state index contributed by atoms with van der Waals surface area (Å²) >= 11 is 1.64. The standard InChI is InChI=1S/C35H44N6O2S/c1-27(42)39-21-23-41(24-22-39)33(43)30-14-12-29(13-15-30)26-44-34-36-31(35(2,3)4)25-32(37-34)40-19-17-38(18-20-40)16-8-11-28-9-6-5-7-10-28/h5-15,25H,16-24,26H2,1-4H3/b11-8+. The van der Waals surface area contributed by atoms with E-state index >= 15 is 0 Å². The first-order valence-electron chi connectivity index (χ1n) is 15.5. The Morgan fingerprint density at radius 3 is 2.14 bits per heavy atom. The zero-order valence-electron chi connectivity index (χ0n) is 26.4. The Kier molecular flexibility index (Phi) is 10.4. The molecule has 9 heteroatoms. The molecule has 3 aromatic rings. The van der Waals surface area contributed by atoms with E-state index in [0.29, 0.717) is 31.7 Å². The average molecular weight is 613 g/mol. The first-order valence-corrected chi connectivity index (χ1v) is 16.5. The minimum atomic E-state index is -0.0883. The summed E-state index contributed by atoms with van der Waals surface area (Å²) in [6, 6.07) is 20.4. The molecule has 0 N–H and O–H groups in total. The molecule has 2 aliphatic heterocycles. The number of carbonyl (C=O) groups is 2. The minimum absolute atomic E-state index is 0.0190. The van der Waals surface area contributed by atoms with E-state index in [9.17, 15) is 9.59 Å². The van der Waals surface area contributed by atoms with E-state index in [1.165, 1.54) is 5.56 Å². The number of thioether (sulfide) groups is 1. The summed E-state index contributed by atoms with van der Waals surface area (Å²) in [6.45, 7) is 15.3. The van der Waals surface area contributed by atoms with Crippen molar-refractivity contribution < 1.29 is 9.59 Å². The molecular weight excluding hydrogens is 568 g/mol. The molecule has 0 saturated carbocycles. The predicted octanol–water partition coefficient (Wildman–Crippen LogP) is 5.21. The molecule has 0 radical (unpaired) electrons. The fourth-order valence-electron chi connectivity index (χ4n) is 5.38. The maximum atomic E-state index is 13.0. The summed E-state index contributed by atoms with van der Waals surface area (Å²) in [5, 5.41) is 0.782. The molecule has 5 rings (SSSR count). The molecule has 2 amide bonds. The Morgan fingerprint density at radius 2 is 1.50 bits per heavy atom. The largest absolute Gasteiger partial charge is 0.354 e. The average Bonchev–Trinajstić information content (AvgIpc) is 3.04. The van der Waals surface area contributed by atoms with Crippen LogP contribution in [0.5, 0.6) is 0 Å². The van der Waals surface area contributed by atoms with Gasteiger partial charge in [0.1, 0.15) is 5.82 Å². The van der Waals surface area contributed by atoms with Crippen LogP contribution in [-0.4, -0.2) is 95.4 Å². The predicted molar refractivity (Wildman–Crippen MR) is 179 cm³/mol. The number of amides is 2. The summed E-state index contributed by atoms with van der Waals surface area (Å²) < 4.78 is 0. The van der Waals surface area contributed by atoms with Gasteiger partial charge in [0.25, 0.3) is 5.91 Å². The molecule has 3 heterocycles. The van der Waals surface area contributed by atoms with E-state index in [0.717, 1.165) is 60.7 Å². The Labute approximate surface area is 266 Å². The Bertz CT molecular complexity index is 1440. The first kappa shape index (κ1) is 31.7. The number of anilines is 1. The van der Waals surface area contributed by atoms with Crippen molar-refractivity contribution in [2.75, 3.05) is 63.8 Å². The molecule has 0 aliphatic carbocycles. The highest BCUT2D eigenvalue weighted by atomic mass is 32.2. The summed E-state index contributed by atoms with van der Waals surface area (Å²) in [5.74, 6) is 1.80. The van der Waals surface area contributed by atoms with Gasteiger partial charge in [0.2, 0.25) is 5.91 Å². The monoisotopic (exact) mass is 612 g/mol. The van der Waals surface area contributed by atoms with Gasteiger partial charge in [-0.15, -0.1) is 0 Å². The third kappa shape index (κ3) is 8.48. The van der Waals surface area contributed by atoms with Gasteiger partial charge in [-0.3, -0.25) is 14.5 Å². The molecule has 0 bridgehead atoms. The molecule has 2 aromatic carbocycles. The summed E-state index contributed by atoms with van der Waals surface area (Å²) in [5.41, 5.74) is 3.99. The fourth-order valence-corrected chi connectivity index (χ4v) is 6.19. The Hall–Kier alpha value is -3.69. The maximum Gasteiger partial charge on any atom is 0.253 e. The SMILES string of the molecule is CC(=O)N1CCN(C(=O)c2ccc(CSc3nc(N4CCN(C/C=C/c5ccccc5)CC4)cc(C(C)(C)C)n3)cc2)CC1. The van der Waals surface area contributed by atoms with E-state index in [4.69, 9.17) is 9.97 Å². The van der Waals surface area contributed by atoms with Gasteiger partial charge < -0.3 is 14.7 Å². The highest BCUT2D eigenvalue weighted by molar-refractivity contribution is 7.98. The van der Waals surface area contributed by atoms with E-state index in [1.807, 2.05) is 35.2 Å². The second kappa shape index (κ2) is 14.4. The van der Waals surface area contributed by atoms with Gasteiger partial charge >= 0.3 is 0 Å². The molecule has 2 saturated heterocycles. The van der Waals surface area contributed by atoms with Crippen molar-refractivity contribution in [1.29, 1.82) is 0 Å². The number of hydrogen-bond donors (Lipinski definition) is 0. The number of rotatable bonds is 8. The van der Waals surface area contributed by atoms with Crippen LogP contribution in [0.25, 0.3) is 6.08 Å². The lowest BCUT2D eigenvalue weighted by Crippen LogP contribution is -2.50. The molecule has 2 aliphatic rings. The van der Waals surface area contributed by atoms with Gasteiger partial charge in [-0.1, -0.05) is 87.1 Å². The number of benzene rings is 2. The van der Waals surface area contributed by atoms with E-state index in [1.54, 1.807) is 23.6 Å². The third-order valence-electron chi connectivity index (χ3n) is 8.21. The van der Waals surface area contributed by atoms with Crippen LogP contribution in [0.15, 0.2) is 71.9 Å². The molecule has 232 valence electrons. The summed E-state index contributed by atoms with van der Waals surface area (Å²) in [6.07, 6.45) is 4.45. The lowest BCUT2D eigenvalue weighted by Gasteiger charge is -2.35. The fraction of sp³-hybridized carbons (Fsp3) is 0.429. The smallest absolute Gasteiger partial charge is 0.253 e. The molecule has 0 atom stereocenters. The molecule has 0 spiro atoms. The van der Waals surface area contributed by atoms with E-state index in [2.05, 4.69) is 73.1 Å². The second-order valence-corrected chi connectivity index (χ2v) is 13.5. The number of aromatic nitrogens is 2. The lowest BCUT2D eigenvalue weighted by molar-refractivity contribution is -0.130. The van der Waals surface area contributed by atoms with Crippen LogP contribution in [-0.2, 0) is 16.0 Å². The van der Waals surface area contributed by atoms with Crippen molar-refractivity contribution >= 4 is 35.5 Å². The van der Waals surface area contributed by atoms with Crippen molar-refractivity contribution in [3.63, 3.8) is 0 Å². The van der Waals surface area contributed by atoms with Crippen molar-refractivity contribution in [1.82, 2.24) is 24.7 Å². The summed E-state index contributed by atoms with van der Waals surface area (Å²) in [4.78, 5) is 43.0.